The molecule has 1 atom stereocenters. The van der Waals surface area contributed by atoms with Crippen molar-refractivity contribution in [3.63, 3.8) is 0 Å². The van der Waals surface area contributed by atoms with Gasteiger partial charge in [0.2, 0.25) is 0 Å². The van der Waals surface area contributed by atoms with Gasteiger partial charge >= 0.3 is 0 Å². The second-order valence-corrected chi connectivity index (χ2v) is 9.23. The number of hydrogen-bond acceptors (Lipinski definition) is 4. The fourth-order valence-corrected chi connectivity index (χ4v) is 5.62. The van der Waals surface area contributed by atoms with Crippen LogP contribution in [0.15, 0.2) is 26.0 Å². The minimum absolute atomic E-state index is 0.0583. The Morgan fingerprint density at radius 2 is 1.80 bits per heavy atom. The molecule has 1 N–H and O–H groups in total. The molecule has 2 aliphatic rings. The van der Waals surface area contributed by atoms with E-state index in [-0.39, 0.29) is 22.9 Å². The van der Waals surface area contributed by atoms with Crippen molar-refractivity contribution in [1.29, 1.82) is 0 Å². The average molecular weight is 489 g/mol. The molecule has 1 unspecified atom stereocenters. The van der Waals surface area contributed by atoms with Gasteiger partial charge in [0, 0.05) is 6.04 Å². The number of halogens is 2. The van der Waals surface area contributed by atoms with Gasteiger partial charge in [-0.05, 0) is 93.1 Å². The van der Waals surface area contributed by atoms with E-state index in [0.29, 0.717) is 19.8 Å². The molecule has 1 aliphatic carbocycles. The lowest BCUT2D eigenvalue weighted by Crippen LogP contribution is -2.42. The monoisotopic (exact) mass is 487 g/mol. The Morgan fingerprint density at radius 3 is 2.40 bits per heavy atom. The number of rotatable bonds is 3. The molecule has 1 heterocycles. The third-order valence-corrected chi connectivity index (χ3v) is 6.99. The summed E-state index contributed by atoms with van der Waals surface area (Å²) in [7, 11) is 0. The fourth-order valence-electron chi connectivity index (χ4n) is 3.48. The number of amides is 2. The number of phenolic OH excluding ortho intramolecular Hbond substituents is 1. The predicted octanol–water partition coefficient (Wildman–Crippen LogP) is 5.92. The van der Waals surface area contributed by atoms with Gasteiger partial charge in [-0.2, -0.15) is 0 Å². The van der Waals surface area contributed by atoms with Crippen LogP contribution in [0, 0.1) is 5.92 Å². The maximum atomic E-state index is 12.8. The van der Waals surface area contributed by atoms with E-state index in [9.17, 15) is 14.7 Å². The summed E-state index contributed by atoms with van der Waals surface area (Å²) in [6.07, 6.45) is 7.47. The predicted molar refractivity (Wildman–Crippen MR) is 107 cm³/mol. The highest BCUT2D eigenvalue weighted by molar-refractivity contribution is 9.11. The highest BCUT2D eigenvalue weighted by atomic mass is 79.9. The summed E-state index contributed by atoms with van der Waals surface area (Å²) in [5.74, 6) is 0.295. The van der Waals surface area contributed by atoms with Crippen LogP contribution in [0.4, 0.5) is 4.79 Å². The summed E-state index contributed by atoms with van der Waals surface area (Å²) in [5, 5.41) is 9.61. The Labute approximate surface area is 168 Å². The van der Waals surface area contributed by atoms with Gasteiger partial charge in [0.05, 0.1) is 13.9 Å². The van der Waals surface area contributed by atoms with Crippen LogP contribution in [-0.2, 0) is 4.79 Å². The van der Waals surface area contributed by atoms with E-state index in [4.69, 9.17) is 0 Å². The van der Waals surface area contributed by atoms with E-state index < -0.39 is 0 Å². The first kappa shape index (κ1) is 19.0. The van der Waals surface area contributed by atoms with E-state index in [2.05, 4.69) is 31.9 Å². The molecule has 4 nitrogen and oxygen atoms in total. The minimum Gasteiger partial charge on any atom is -0.506 e. The van der Waals surface area contributed by atoms with Crippen molar-refractivity contribution in [2.45, 2.75) is 45.1 Å². The van der Waals surface area contributed by atoms with Crippen LogP contribution < -0.4 is 0 Å². The number of carbonyl (C=O) groups excluding carboxylic acids is 2. The van der Waals surface area contributed by atoms with Crippen molar-refractivity contribution in [1.82, 2.24) is 4.90 Å². The lowest BCUT2D eigenvalue weighted by molar-refractivity contribution is -0.125. The zero-order chi connectivity index (χ0) is 18.1. The van der Waals surface area contributed by atoms with Crippen LogP contribution in [0.25, 0.3) is 6.08 Å². The third kappa shape index (κ3) is 3.98. The molecule has 25 heavy (non-hydrogen) atoms. The second kappa shape index (κ2) is 7.84. The Balaban J connectivity index is 1.83. The standard InChI is InChI=1S/C18H19Br2NO3S/c1-10(12-5-3-2-4-6-12)21-17(23)15(25-18(21)24)9-11-7-13(19)16(22)14(20)8-11/h7-10,12,22H,2-6H2,1H3/b15-9-. The third-order valence-electron chi connectivity index (χ3n) is 4.90. The highest BCUT2D eigenvalue weighted by Crippen LogP contribution is 2.39. The Morgan fingerprint density at radius 1 is 1.20 bits per heavy atom. The number of imide groups is 1. The number of hydrogen-bond donors (Lipinski definition) is 1. The molecule has 1 aromatic carbocycles. The van der Waals surface area contributed by atoms with Crippen molar-refractivity contribution in [3.05, 3.63) is 31.5 Å². The van der Waals surface area contributed by atoms with Crippen LogP contribution in [-0.4, -0.2) is 27.2 Å². The lowest BCUT2D eigenvalue weighted by Gasteiger charge is -2.32. The Hall–Kier alpha value is -0.790. The largest absolute Gasteiger partial charge is 0.506 e. The van der Waals surface area contributed by atoms with Crippen molar-refractivity contribution in [3.8, 4) is 5.75 Å². The Bertz CT molecular complexity index is 721. The maximum absolute atomic E-state index is 12.8. The first-order valence-electron chi connectivity index (χ1n) is 8.33. The number of benzene rings is 1. The molecule has 2 fully saturated rings. The van der Waals surface area contributed by atoms with Crippen molar-refractivity contribution >= 4 is 60.8 Å². The number of thioether (sulfide) groups is 1. The zero-order valence-corrected chi connectivity index (χ0v) is 17.8. The number of nitrogens with zero attached hydrogens (tertiary/aromatic N) is 1. The summed E-state index contributed by atoms with van der Waals surface area (Å²) >= 11 is 7.55. The summed E-state index contributed by atoms with van der Waals surface area (Å²) in [6.45, 7) is 1.99. The van der Waals surface area contributed by atoms with Crippen molar-refractivity contribution in [2.24, 2.45) is 5.92 Å². The summed E-state index contributed by atoms with van der Waals surface area (Å²) in [5.41, 5.74) is 0.743. The van der Waals surface area contributed by atoms with Crippen molar-refractivity contribution in [2.75, 3.05) is 0 Å². The Kier molecular flexibility index (Phi) is 5.96. The van der Waals surface area contributed by atoms with Gasteiger partial charge in [-0.25, -0.2) is 0 Å². The summed E-state index contributed by atoms with van der Waals surface area (Å²) < 4.78 is 1.06. The van der Waals surface area contributed by atoms with Crippen LogP contribution >= 0.6 is 43.6 Å². The van der Waals surface area contributed by atoms with Gasteiger partial charge in [0.25, 0.3) is 11.1 Å². The molecule has 0 aromatic heterocycles. The van der Waals surface area contributed by atoms with Gasteiger partial charge in [-0.15, -0.1) is 0 Å². The van der Waals surface area contributed by atoms with Gasteiger partial charge in [0.15, 0.2) is 0 Å². The second-order valence-electron chi connectivity index (χ2n) is 6.52. The van der Waals surface area contributed by atoms with E-state index in [1.54, 1.807) is 18.2 Å². The van der Waals surface area contributed by atoms with Gasteiger partial charge in [0.1, 0.15) is 5.75 Å². The molecular weight excluding hydrogens is 470 g/mol. The average Bonchev–Trinajstić information content (AvgIpc) is 2.86. The summed E-state index contributed by atoms with van der Waals surface area (Å²) in [6, 6.07) is 3.38. The van der Waals surface area contributed by atoms with Crippen LogP contribution in [0.1, 0.15) is 44.6 Å². The quantitative estimate of drug-likeness (QED) is 0.536. The molecule has 134 valence electrons. The van der Waals surface area contributed by atoms with E-state index >= 15 is 0 Å². The molecule has 0 spiro atoms. The van der Waals surface area contributed by atoms with E-state index in [0.717, 1.165) is 30.2 Å². The number of aromatic hydroxyl groups is 1. The molecule has 3 rings (SSSR count). The minimum atomic E-state index is -0.214. The van der Waals surface area contributed by atoms with Crippen LogP contribution in [0.3, 0.4) is 0 Å². The first-order valence-corrected chi connectivity index (χ1v) is 10.7. The molecule has 1 saturated heterocycles. The van der Waals surface area contributed by atoms with Gasteiger partial charge in [-0.3, -0.25) is 14.5 Å². The van der Waals surface area contributed by atoms with Crippen LogP contribution in [0.5, 0.6) is 5.75 Å². The fraction of sp³-hybridized carbons (Fsp3) is 0.444. The highest BCUT2D eigenvalue weighted by Gasteiger charge is 2.40. The van der Waals surface area contributed by atoms with Crippen LogP contribution in [0.2, 0.25) is 0 Å². The molecule has 1 aromatic rings. The molecule has 0 bridgehead atoms. The van der Waals surface area contributed by atoms with Gasteiger partial charge in [-0.1, -0.05) is 19.3 Å². The van der Waals surface area contributed by atoms with E-state index in [1.165, 1.54) is 24.2 Å². The smallest absolute Gasteiger partial charge is 0.293 e. The lowest BCUT2D eigenvalue weighted by atomic mass is 9.84. The van der Waals surface area contributed by atoms with E-state index in [1.807, 2.05) is 6.92 Å². The topological polar surface area (TPSA) is 57.6 Å². The SMILES string of the molecule is CC(C1CCCCC1)N1C(=O)S/C(=C\c2cc(Br)c(O)c(Br)c2)C1=O. The first-order chi connectivity index (χ1) is 11.9. The number of phenols is 1. The molecule has 0 radical (unpaired) electrons. The maximum Gasteiger partial charge on any atom is 0.293 e. The molecular formula is C18H19Br2NO3S. The number of carbonyl (C=O) groups is 2. The normalized spacial score (nSPS) is 22.0. The molecule has 7 heteroatoms. The zero-order valence-electron chi connectivity index (χ0n) is 13.8. The van der Waals surface area contributed by atoms with Crippen molar-refractivity contribution < 1.29 is 14.7 Å². The molecule has 2 amide bonds. The molecule has 1 saturated carbocycles. The van der Waals surface area contributed by atoms with Gasteiger partial charge < -0.3 is 5.11 Å². The summed E-state index contributed by atoms with van der Waals surface area (Å²) in [4.78, 5) is 27.1. The molecule has 1 aliphatic heterocycles.